The molecule has 0 spiro atoms. The number of hydrogen-bond donors (Lipinski definition) is 1. The second-order valence-electron chi connectivity index (χ2n) is 6.14. The zero-order valence-corrected chi connectivity index (χ0v) is 12.5. The van der Waals surface area contributed by atoms with Gasteiger partial charge in [-0.05, 0) is 60.6 Å². The summed E-state index contributed by atoms with van der Waals surface area (Å²) in [6.45, 7) is 0. The van der Waals surface area contributed by atoms with E-state index in [9.17, 15) is 0 Å². The molecule has 0 radical (unpaired) electrons. The van der Waals surface area contributed by atoms with Crippen LogP contribution in [0.2, 0.25) is 0 Å². The van der Waals surface area contributed by atoms with Crippen LogP contribution in [0.3, 0.4) is 0 Å². The summed E-state index contributed by atoms with van der Waals surface area (Å²) in [7, 11) is 0. The minimum atomic E-state index is 0.548. The van der Waals surface area contributed by atoms with E-state index < -0.39 is 0 Å². The van der Waals surface area contributed by atoms with E-state index >= 15 is 0 Å². The van der Waals surface area contributed by atoms with Gasteiger partial charge in [0.15, 0.2) is 0 Å². The minimum Gasteiger partial charge on any atom is -0.303 e. The summed E-state index contributed by atoms with van der Waals surface area (Å²) >= 11 is 1.94. The van der Waals surface area contributed by atoms with E-state index in [0.29, 0.717) is 12.1 Å². The second kappa shape index (κ2) is 5.34. The Balaban J connectivity index is 1.58. The van der Waals surface area contributed by atoms with Gasteiger partial charge in [-0.15, -0.1) is 11.3 Å². The van der Waals surface area contributed by atoms with Crippen LogP contribution < -0.4 is 5.32 Å². The standard InChI is InChI=1S/C18H21NS/c1-2-5-13(6-3-1)18(14-9-10-14)19-16-7-4-8-17-15(16)11-12-20-17/h1-3,5-6,11-12,14,16,18-19H,4,7-10H2. The SMILES string of the molecule is c1ccc(C(NC2CCCc3sccc32)C2CC2)cc1. The normalized spacial score (nSPS) is 23.3. The first-order chi connectivity index (χ1) is 9.92. The van der Waals surface area contributed by atoms with Crippen LogP contribution in [0.5, 0.6) is 0 Å². The molecule has 0 saturated heterocycles. The lowest BCUT2D eigenvalue weighted by Crippen LogP contribution is -2.29. The average Bonchev–Trinajstić information content (AvgIpc) is 3.22. The lowest BCUT2D eigenvalue weighted by molar-refractivity contribution is 0.376. The Bertz CT molecular complexity index is 570. The van der Waals surface area contributed by atoms with Crippen molar-refractivity contribution in [2.45, 2.75) is 44.2 Å². The van der Waals surface area contributed by atoms with E-state index in [0.717, 1.165) is 5.92 Å². The van der Waals surface area contributed by atoms with Crippen LogP contribution in [0.25, 0.3) is 0 Å². The third-order valence-corrected chi connectivity index (χ3v) is 5.68. The Kier molecular flexibility index (Phi) is 3.37. The fourth-order valence-corrected chi connectivity index (χ4v) is 4.46. The van der Waals surface area contributed by atoms with Gasteiger partial charge >= 0.3 is 0 Å². The summed E-state index contributed by atoms with van der Waals surface area (Å²) in [6, 6.07) is 14.5. The Morgan fingerprint density at radius 3 is 2.70 bits per heavy atom. The van der Waals surface area contributed by atoms with E-state index in [-0.39, 0.29) is 0 Å². The zero-order valence-electron chi connectivity index (χ0n) is 11.7. The smallest absolute Gasteiger partial charge is 0.0354 e. The maximum atomic E-state index is 3.98. The van der Waals surface area contributed by atoms with Gasteiger partial charge < -0.3 is 5.32 Å². The molecule has 2 unspecified atom stereocenters. The lowest BCUT2D eigenvalue weighted by Gasteiger charge is -2.29. The van der Waals surface area contributed by atoms with Crippen molar-refractivity contribution in [3.05, 3.63) is 57.8 Å². The maximum absolute atomic E-state index is 3.98. The van der Waals surface area contributed by atoms with E-state index in [2.05, 4.69) is 47.1 Å². The van der Waals surface area contributed by atoms with Gasteiger partial charge in [-0.1, -0.05) is 30.3 Å². The highest BCUT2D eigenvalue weighted by molar-refractivity contribution is 7.10. The fraction of sp³-hybridized carbons (Fsp3) is 0.444. The minimum absolute atomic E-state index is 0.548. The molecular formula is C18H21NS. The quantitative estimate of drug-likeness (QED) is 0.844. The first-order valence-corrected chi connectivity index (χ1v) is 8.67. The third-order valence-electron chi connectivity index (χ3n) is 4.68. The number of nitrogens with one attached hydrogen (secondary N) is 1. The molecule has 1 aromatic heterocycles. The molecule has 1 nitrogen and oxygen atoms in total. The predicted octanol–water partition coefficient (Wildman–Crippen LogP) is 4.87. The molecule has 2 atom stereocenters. The number of aryl methyl sites for hydroxylation is 1. The van der Waals surface area contributed by atoms with Crippen molar-refractivity contribution in [1.82, 2.24) is 5.32 Å². The Morgan fingerprint density at radius 2 is 1.90 bits per heavy atom. The molecule has 1 fully saturated rings. The van der Waals surface area contributed by atoms with Gasteiger partial charge in [-0.3, -0.25) is 0 Å². The summed E-state index contributed by atoms with van der Waals surface area (Å²) < 4.78 is 0. The number of benzene rings is 1. The first kappa shape index (κ1) is 12.6. The van der Waals surface area contributed by atoms with Crippen LogP contribution in [0.4, 0.5) is 0 Å². The molecule has 1 heterocycles. The Labute approximate surface area is 125 Å². The summed E-state index contributed by atoms with van der Waals surface area (Å²) in [5.41, 5.74) is 3.04. The molecule has 2 aliphatic carbocycles. The van der Waals surface area contributed by atoms with Crippen molar-refractivity contribution < 1.29 is 0 Å². The van der Waals surface area contributed by atoms with Crippen molar-refractivity contribution in [2.75, 3.05) is 0 Å². The average molecular weight is 283 g/mol. The highest BCUT2D eigenvalue weighted by Crippen LogP contribution is 2.44. The van der Waals surface area contributed by atoms with E-state index in [1.54, 1.807) is 10.4 Å². The maximum Gasteiger partial charge on any atom is 0.0354 e. The Hall–Kier alpha value is -1.12. The van der Waals surface area contributed by atoms with Crippen molar-refractivity contribution in [3.8, 4) is 0 Å². The Morgan fingerprint density at radius 1 is 1.05 bits per heavy atom. The van der Waals surface area contributed by atoms with E-state index in [1.807, 2.05) is 11.3 Å². The van der Waals surface area contributed by atoms with Crippen LogP contribution in [-0.2, 0) is 6.42 Å². The van der Waals surface area contributed by atoms with Gasteiger partial charge in [-0.25, -0.2) is 0 Å². The highest BCUT2D eigenvalue weighted by atomic mass is 32.1. The van der Waals surface area contributed by atoms with Gasteiger partial charge in [0.1, 0.15) is 0 Å². The molecule has 104 valence electrons. The molecule has 0 bridgehead atoms. The summed E-state index contributed by atoms with van der Waals surface area (Å²) in [5.74, 6) is 0.849. The van der Waals surface area contributed by atoms with Crippen LogP contribution in [0.1, 0.15) is 53.8 Å². The second-order valence-corrected chi connectivity index (χ2v) is 7.14. The van der Waals surface area contributed by atoms with Gasteiger partial charge in [0, 0.05) is 17.0 Å². The van der Waals surface area contributed by atoms with E-state index in [1.165, 1.54) is 37.7 Å². The molecule has 1 aromatic carbocycles. The number of fused-ring (bicyclic) bond motifs is 1. The number of rotatable bonds is 4. The molecule has 2 aliphatic rings. The summed E-state index contributed by atoms with van der Waals surface area (Å²) in [4.78, 5) is 1.61. The largest absolute Gasteiger partial charge is 0.303 e. The molecule has 1 N–H and O–H groups in total. The zero-order chi connectivity index (χ0) is 13.4. The van der Waals surface area contributed by atoms with Crippen LogP contribution >= 0.6 is 11.3 Å². The number of thiophene rings is 1. The molecule has 0 amide bonds. The molecule has 1 saturated carbocycles. The molecule has 0 aliphatic heterocycles. The van der Waals surface area contributed by atoms with Crippen LogP contribution in [0, 0.1) is 5.92 Å². The predicted molar refractivity (Wildman–Crippen MR) is 85.0 cm³/mol. The number of hydrogen-bond acceptors (Lipinski definition) is 2. The summed E-state index contributed by atoms with van der Waals surface area (Å²) in [6.07, 6.45) is 6.67. The topological polar surface area (TPSA) is 12.0 Å². The third kappa shape index (κ3) is 2.43. The molecule has 2 aromatic rings. The molecule has 20 heavy (non-hydrogen) atoms. The van der Waals surface area contributed by atoms with Crippen molar-refractivity contribution >= 4 is 11.3 Å². The van der Waals surface area contributed by atoms with Crippen LogP contribution in [-0.4, -0.2) is 0 Å². The first-order valence-electron chi connectivity index (χ1n) is 7.79. The van der Waals surface area contributed by atoms with Gasteiger partial charge in [0.25, 0.3) is 0 Å². The molecular weight excluding hydrogens is 262 g/mol. The van der Waals surface area contributed by atoms with Crippen LogP contribution in [0.15, 0.2) is 41.8 Å². The fourth-order valence-electron chi connectivity index (χ4n) is 3.47. The van der Waals surface area contributed by atoms with Gasteiger partial charge in [0.05, 0.1) is 0 Å². The summed E-state index contributed by atoms with van der Waals surface area (Å²) in [5, 5.41) is 6.25. The molecule has 4 rings (SSSR count). The van der Waals surface area contributed by atoms with Crippen molar-refractivity contribution in [2.24, 2.45) is 5.92 Å². The van der Waals surface area contributed by atoms with Crippen molar-refractivity contribution in [1.29, 1.82) is 0 Å². The monoisotopic (exact) mass is 283 g/mol. The van der Waals surface area contributed by atoms with Crippen molar-refractivity contribution in [3.63, 3.8) is 0 Å². The van der Waals surface area contributed by atoms with Gasteiger partial charge in [-0.2, -0.15) is 0 Å². The van der Waals surface area contributed by atoms with E-state index in [4.69, 9.17) is 0 Å². The van der Waals surface area contributed by atoms with Gasteiger partial charge in [0.2, 0.25) is 0 Å². The molecule has 2 heteroatoms. The highest BCUT2D eigenvalue weighted by Gasteiger charge is 2.34. The lowest BCUT2D eigenvalue weighted by atomic mass is 9.91.